The first kappa shape index (κ1) is 13.8. The van der Waals surface area contributed by atoms with E-state index in [4.69, 9.17) is 4.74 Å². The third kappa shape index (κ3) is 2.39. The van der Waals surface area contributed by atoms with Crippen LogP contribution in [0.3, 0.4) is 0 Å². The molecule has 2 unspecified atom stereocenters. The van der Waals surface area contributed by atoms with Gasteiger partial charge in [-0.3, -0.25) is 4.90 Å². The number of hydrogen-bond acceptors (Lipinski definition) is 4. The number of amides is 1. The molecule has 3 heterocycles. The highest BCUT2D eigenvalue weighted by molar-refractivity contribution is 7.09. The van der Waals surface area contributed by atoms with Gasteiger partial charge < -0.3 is 4.74 Å². The van der Waals surface area contributed by atoms with E-state index in [1.165, 1.54) is 17.0 Å². The molecule has 2 aromatic rings. The molecule has 1 aromatic carbocycles. The first-order valence-electron chi connectivity index (χ1n) is 7.74. The van der Waals surface area contributed by atoms with E-state index in [9.17, 15) is 4.79 Å². The Balaban J connectivity index is 1.51. The smallest absolute Gasteiger partial charge is 0.410 e. The van der Waals surface area contributed by atoms with Crippen LogP contribution < -0.4 is 0 Å². The SMILES string of the molecule is O=C(OCc1ccccc1)N1C2CCCC1c1scnc1C2. The molecule has 22 heavy (non-hydrogen) atoms. The largest absolute Gasteiger partial charge is 0.445 e. The summed E-state index contributed by atoms with van der Waals surface area (Å²) in [6.45, 7) is 0.338. The fourth-order valence-electron chi connectivity index (χ4n) is 3.53. The number of nitrogens with zero attached hydrogens (tertiary/aromatic N) is 2. The second-order valence-corrected chi connectivity index (χ2v) is 6.80. The van der Waals surface area contributed by atoms with Gasteiger partial charge in [0.15, 0.2) is 0 Å². The van der Waals surface area contributed by atoms with E-state index in [0.717, 1.165) is 24.8 Å². The molecule has 0 spiro atoms. The average molecular weight is 314 g/mol. The Bertz CT molecular complexity index is 670. The van der Waals surface area contributed by atoms with Crippen LogP contribution in [0.1, 0.15) is 41.4 Å². The lowest BCUT2D eigenvalue weighted by Gasteiger charge is -2.44. The maximum atomic E-state index is 12.6. The van der Waals surface area contributed by atoms with Crippen molar-refractivity contribution in [1.82, 2.24) is 9.88 Å². The molecule has 4 rings (SSSR count). The van der Waals surface area contributed by atoms with Crippen molar-refractivity contribution in [2.45, 2.75) is 44.4 Å². The lowest BCUT2D eigenvalue weighted by molar-refractivity contribution is 0.0355. The molecule has 2 aliphatic heterocycles. The summed E-state index contributed by atoms with van der Waals surface area (Å²) < 4.78 is 5.57. The van der Waals surface area contributed by atoms with Gasteiger partial charge in [0.1, 0.15) is 6.61 Å². The number of hydrogen-bond donors (Lipinski definition) is 0. The number of carbonyl (C=O) groups is 1. The van der Waals surface area contributed by atoms with Crippen LogP contribution in [-0.2, 0) is 17.8 Å². The Morgan fingerprint density at radius 2 is 2.18 bits per heavy atom. The summed E-state index contributed by atoms with van der Waals surface area (Å²) in [5.41, 5.74) is 4.11. The lowest BCUT2D eigenvalue weighted by Crippen LogP contribution is -2.49. The molecular formula is C17H18N2O2S. The number of fused-ring (bicyclic) bond motifs is 4. The normalized spacial score (nSPS) is 23.0. The topological polar surface area (TPSA) is 42.4 Å². The maximum absolute atomic E-state index is 12.6. The van der Waals surface area contributed by atoms with Crippen molar-refractivity contribution in [3.63, 3.8) is 0 Å². The van der Waals surface area contributed by atoms with Gasteiger partial charge in [0.05, 0.1) is 22.1 Å². The van der Waals surface area contributed by atoms with Gasteiger partial charge in [-0.05, 0) is 24.8 Å². The fourth-order valence-corrected chi connectivity index (χ4v) is 4.49. The molecule has 5 heteroatoms. The Morgan fingerprint density at radius 1 is 1.32 bits per heavy atom. The summed E-state index contributed by atoms with van der Waals surface area (Å²) >= 11 is 1.67. The number of ether oxygens (including phenoxy) is 1. The predicted octanol–water partition coefficient (Wildman–Crippen LogP) is 3.93. The molecule has 0 aliphatic carbocycles. The van der Waals surface area contributed by atoms with E-state index < -0.39 is 0 Å². The van der Waals surface area contributed by atoms with Crippen LogP contribution >= 0.6 is 11.3 Å². The molecule has 0 radical (unpaired) electrons. The van der Waals surface area contributed by atoms with Gasteiger partial charge in [0.2, 0.25) is 0 Å². The first-order chi connectivity index (χ1) is 10.8. The van der Waals surface area contributed by atoms with Crippen LogP contribution in [0.25, 0.3) is 0 Å². The zero-order chi connectivity index (χ0) is 14.9. The van der Waals surface area contributed by atoms with Gasteiger partial charge in [0, 0.05) is 12.5 Å². The summed E-state index contributed by atoms with van der Waals surface area (Å²) in [7, 11) is 0. The molecule has 1 amide bonds. The minimum Gasteiger partial charge on any atom is -0.445 e. The summed E-state index contributed by atoms with van der Waals surface area (Å²) in [6.07, 6.45) is 3.93. The van der Waals surface area contributed by atoms with E-state index in [-0.39, 0.29) is 18.2 Å². The third-order valence-corrected chi connectivity index (χ3v) is 5.54. The monoisotopic (exact) mass is 314 g/mol. The Labute approximate surface area is 133 Å². The molecule has 4 nitrogen and oxygen atoms in total. The minimum absolute atomic E-state index is 0.165. The van der Waals surface area contributed by atoms with Gasteiger partial charge >= 0.3 is 6.09 Å². The van der Waals surface area contributed by atoms with Crippen molar-refractivity contribution in [2.24, 2.45) is 0 Å². The summed E-state index contributed by atoms with van der Waals surface area (Å²) in [6, 6.07) is 10.3. The highest BCUT2D eigenvalue weighted by Crippen LogP contribution is 2.43. The average Bonchev–Trinajstić information content (AvgIpc) is 3.01. The van der Waals surface area contributed by atoms with E-state index >= 15 is 0 Å². The van der Waals surface area contributed by atoms with Crippen LogP contribution in [0.4, 0.5) is 4.79 Å². The van der Waals surface area contributed by atoms with Crippen molar-refractivity contribution in [2.75, 3.05) is 0 Å². The second kappa shape index (κ2) is 5.72. The Kier molecular flexibility index (Phi) is 3.58. The quantitative estimate of drug-likeness (QED) is 0.843. The molecule has 1 fully saturated rings. The van der Waals surface area contributed by atoms with E-state index in [2.05, 4.69) is 4.98 Å². The standard InChI is InChI=1S/C17H18N2O2S/c20-17(21-10-12-5-2-1-3-6-12)19-13-7-4-8-15(19)16-14(9-13)18-11-22-16/h1-3,5-6,11,13,15H,4,7-10H2. The summed E-state index contributed by atoms with van der Waals surface area (Å²) in [4.78, 5) is 20.3. The molecule has 2 aliphatic rings. The number of thiazole rings is 1. The molecule has 2 atom stereocenters. The zero-order valence-corrected chi connectivity index (χ0v) is 13.1. The van der Waals surface area contributed by atoms with Crippen molar-refractivity contribution in [3.8, 4) is 0 Å². The fraction of sp³-hybridized carbons (Fsp3) is 0.412. The number of rotatable bonds is 2. The van der Waals surface area contributed by atoms with Gasteiger partial charge in [-0.1, -0.05) is 30.3 Å². The number of benzene rings is 1. The van der Waals surface area contributed by atoms with Crippen molar-refractivity contribution >= 4 is 17.4 Å². The van der Waals surface area contributed by atoms with Crippen LogP contribution in [-0.4, -0.2) is 22.0 Å². The van der Waals surface area contributed by atoms with Crippen molar-refractivity contribution in [1.29, 1.82) is 0 Å². The molecule has 1 saturated heterocycles. The molecule has 114 valence electrons. The second-order valence-electron chi connectivity index (χ2n) is 5.92. The highest BCUT2D eigenvalue weighted by Gasteiger charge is 2.42. The maximum Gasteiger partial charge on any atom is 0.410 e. The number of aromatic nitrogens is 1. The van der Waals surface area contributed by atoms with E-state index in [1.807, 2.05) is 40.7 Å². The van der Waals surface area contributed by atoms with Crippen LogP contribution in [0, 0.1) is 0 Å². The van der Waals surface area contributed by atoms with Crippen LogP contribution in [0.5, 0.6) is 0 Å². The Morgan fingerprint density at radius 3 is 3.05 bits per heavy atom. The minimum atomic E-state index is -0.183. The number of carbonyl (C=O) groups excluding carboxylic acids is 1. The van der Waals surface area contributed by atoms with Gasteiger partial charge in [0.25, 0.3) is 0 Å². The Hall–Kier alpha value is -1.88. The molecule has 0 N–H and O–H groups in total. The van der Waals surface area contributed by atoms with Gasteiger partial charge in [-0.2, -0.15) is 0 Å². The molecule has 2 bridgehead atoms. The van der Waals surface area contributed by atoms with Crippen molar-refractivity contribution in [3.05, 3.63) is 52.0 Å². The molecular weight excluding hydrogens is 296 g/mol. The van der Waals surface area contributed by atoms with Gasteiger partial charge in [-0.25, -0.2) is 9.78 Å². The summed E-state index contributed by atoms with van der Waals surface area (Å²) in [5, 5.41) is 0. The predicted molar refractivity (Wildman–Crippen MR) is 84.7 cm³/mol. The highest BCUT2D eigenvalue weighted by atomic mass is 32.1. The summed E-state index contributed by atoms with van der Waals surface area (Å²) in [5.74, 6) is 0. The van der Waals surface area contributed by atoms with E-state index in [0.29, 0.717) is 6.61 Å². The first-order valence-corrected chi connectivity index (χ1v) is 8.62. The number of piperidine rings is 1. The lowest BCUT2D eigenvalue weighted by atomic mass is 9.86. The zero-order valence-electron chi connectivity index (χ0n) is 12.3. The molecule has 0 saturated carbocycles. The van der Waals surface area contributed by atoms with Crippen molar-refractivity contribution < 1.29 is 9.53 Å². The molecule has 1 aromatic heterocycles. The van der Waals surface area contributed by atoms with Crippen LogP contribution in [0.15, 0.2) is 35.8 Å². The van der Waals surface area contributed by atoms with E-state index in [1.54, 1.807) is 11.3 Å². The third-order valence-electron chi connectivity index (χ3n) is 4.56. The van der Waals surface area contributed by atoms with Gasteiger partial charge in [-0.15, -0.1) is 11.3 Å². The van der Waals surface area contributed by atoms with Crippen LogP contribution in [0.2, 0.25) is 0 Å².